The van der Waals surface area contributed by atoms with Crippen molar-refractivity contribution in [2.75, 3.05) is 6.54 Å². The summed E-state index contributed by atoms with van der Waals surface area (Å²) in [4.78, 5) is 0. The van der Waals surface area contributed by atoms with Crippen molar-refractivity contribution in [1.82, 2.24) is 0 Å². The van der Waals surface area contributed by atoms with Gasteiger partial charge < -0.3 is 10.5 Å². The Morgan fingerprint density at radius 2 is 2.12 bits per heavy atom. The average Bonchev–Trinajstić information content (AvgIpc) is 2.78. The van der Waals surface area contributed by atoms with E-state index in [9.17, 15) is 4.39 Å². The van der Waals surface area contributed by atoms with Gasteiger partial charge in [0.25, 0.3) is 0 Å². The number of nitrogens with two attached hydrogens (primary N) is 1. The van der Waals surface area contributed by atoms with Crippen molar-refractivity contribution >= 4 is 0 Å². The maximum atomic E-state index is 13.1. The molecule has 1 atom stereocenters. The molecule has 1 aromatic carbocycles. The van der Waals surface area contributed by atoms with E-state index in [0.717, 1.165) is 18.4 Å². The Morgan fingerprint density at radius 1 is 1.38 bits per heavy atom. The van der Waals surface area contributed by atoms with E-state index in [2.05, 4.69) is 0 Å². The van der Waals surface area contributed by atoms with Crippen LogP contribution in [0.2, 0.25) is 0 Å². The molecule has 1 aliphatic rings. The largest absolute Gasteiger partial charge is 0.369 e. The second kappa shape index (κ2) is 5.41. The lowest BCUT2D eigenvalue weighted by molar-refractivity contribution is -0.00450. The molecule has 0 bridgehead atoms. The summed E-state index contributed by atoms with van der Waals surface area (Å²) in [5, 5.41) is 0. The Balaban J connectivity index is 2.03. The summed E-state index contributed by atoms with van der Waals surface area (Å²) in [6.07, 6.45) is 4.80. The van der Waals surface area contributed by atoms with Crippen LogP contribution in [0.25, 0.3) is 0 Å². The van der Waals surface area contributed by atoms with Gasteiger partial charge in [-0.2, -0.15) is 0 Å². The van der Waals surface area contributed by atoms with E-state index in [-0.39, 0.29) is 11.9 Å². The Labute approximate surface area is 95.6 Å². The van der Waals surface area contributed by atoms with E-state index in [1.54, 1.807) is 6.07 Å². The summed E-state index contributed by atoms with van der Waals surface area (Å²) in [5.74, 6) is -0.231. The Bertz CT molecular complexity index is 336. The molecule has 1 aromatic rings. The number of halogens is 1. The molecule has 1 saturated carbocycles. The van der Waals surface area contributed by atoms with Gasteiger partial charge in [0.15, 0.2) is 0 Å². The maximum Gasteiger partial charge on any atom is 0.123 e. The lowest BCUT2D eigenvalue weighted by atomic mass is 10.1. The van der Waals surface area contributed by atoms with Crippen molar-refractivity contribution in [2.24, 2.45) is 5.73 Å². The molecule has 0 amide bonds. The zero-order chi connectivity index (χ0) is 11.4. The van der Waals surface area contributed by atoms with Crippen molar-refractivity contribution in [2.45, 2.75) is 37.9 Å². The molecule has 1 unspecified atom stereocenters. The number of ether oxygens (including phenoxy) is 1. The van der Waals surface area contributed by atoms with Gasteiger partial charge in [-0.15, -0.1) is 0 Å². The Kier molecular flexibility index (Phi) is 3.91. The normalized spacial score (nSPS) is 18.9. The van der Waals surface area contributed by atoms with E-state index in [4.69, 9.17) is 10.5 Å². The van der Waals surface area contributed by atoms with Crippen LogP contribution in [-0.2, 0) is 4.74 Å². The fourth-order valence-corrected chi connectivity index (χ4v) is 2.23. The SMILES string of the molecule is NCC(OC1CCCC1)c1cccc(F)c1. The number of hydrogen-bond acceptors (Lipinski definition) is 2. The molecule has 0 saturated heterocycles. The zero-order valence-electron chi connectivity index (χ0n) is 9.36. The lowest BCUT2D eigenvalue weighted by Gasteiger charge is -2.21. The van der Waals surface area contributed by atoms with Crippen LogP contribution in [0.4, 0.5) is 4.39 Å². The summed E-state index contributed by atoms with van der Waals surface area (Å²) in [7, 11) is 0. The molecular formula is C13H18FNO. The van der Waals surface area contributed by atoms with E-state index >= 15 is 0 Å². The summed E-state index contributed by atoms with van der Waals surface area (Å²) in [6, 6.07) is 6.51. The molecule has 88 valence electrons. The predicted molar refractivity (Wildman–Crippen MR) is 61.5 cm³/mol. The minimum Gasteiger partial charge on any atom is -0.369 e. The smallest absolute Gasteiger partial charge is 0.123 e. The summed E-state index contributed by atoms with van der Waals surface area (Å²) in [6.45, 7) is 0.403. The van der Waals surface area contributed by atoms with Gasteiger partial charge in [-0.05, 0) is 30.5 Å². The maximum absolute atomic E-state index is 13.1. The van der Waals surface area contributed by atoms with Crippen molar-refractivity contribution in [3.05, 3.63) is 35.6 Å². The molecule has 0 aliphatic heterocycles. The number of rotatable bonds is 4. The molecular weight excluding hydrogens is 205 g/mol. The zero-order valence-corrected chi connectivity index (χ0v) is 9.36. The van der Waals surface area contributed by atoms with Gasteiger partial charge in [0, 0.05) is 6.54 Å². The van der Waals surface area contributed by atoms with Crippen LogP contribution in [-0.4, -0.2) is 12.6 Å². The van der Waals surface area contributed by atoms with E-state index in [1.807, 2.05) is 6.07 Å². The van der Waals surface area contributed by atoms with Gasteiger partial charge in [-0.25, -0.2) is 4.39 Å². The second-order valence-electron chi connectivity index (χ2n) is 4.32. The van der Waals surface area contributed by atoms with Crippen molar-refractivity contribution < 1.29 is 9.13 Å². The molecule has 3 heteroatoms. The monoisotopic (exact) mass is 223 g/mol. The standard InChI is InChI=1S/C13H18FNO/c14-11-5-3-4-10(8-11)13(9-15)16-12-6-1-2-7-12/h3-5,8,12-13H,1-2,6-7,9,15H2. The Hall–Kier alpha value is -0.930. The summed E-state index contributed by atoms with van der Waals surface area (Å²) >= 11 is 0. The van der Waals surface area contributed by atoms with Crippen LogP contribution in [0.3, 0.4) is 0 Å². The molecule has 2 nitrogen and oxygen atoms in total. The highest BCUT2D eigenvalue weighted by molar-refractivity contribution is 5.19. The van der Waals surface area contributed by atoms with Gasteiger partial charge in [-0.3, -0.25) is 0 Å². The fraction of sp³-hybridized carbons (Fsp3) is 0.538. The molecule has 0 spiro atoms. The molecule has 1 fully saturated rings. The van der Waals surface area contributed by atoms with Gasteiger partial charge in [-0.1, -0.05) is 25.0 Å². The number of benzene rings is 1. The summed E-state index contributed by atoms with van der Waals surface area (Å²) < 4.78 is 19.0. The molecule has 16 heavy (non-hydrogen) atoms. The molecule has 0 radical (unpaired) electrons. The van der Waals surface area contributed by atoms with Crippen molar-refractivity contribution in [3.8, 4) is 0 Å². The van der Waals surface area contributed by atoms with Gasteiger partial charge in [0.2, 0.25) is 0 Å². The topological polar surface area (TPSA) is 35.2 Å². The minimum absolute atomic E-state index is 0.168. The number of hydrogen-bond donors (Lipinski definition) is 1. The summed E-state index contributed by atoms with van der Waals surface area (Å²) in [5.41, 5.74) is 6.53. The highest BCUT2D eigenvalue weighted by Crippen LogP contribution is 2.27. The van der Waals surface area contributed by atoms with E-state index in [0.29, 0.717) is 12.6 Å². The van der Waals surface area contributed by atoms with Gasteiger partial charge in [0.1, 0.15) is 5.82 Å². The van der Waals surface area contributed by atoms with Crippen LogP contribution >= 0.6 is 0 Å². The predicted octanol–water partition coefficient (Wildman–Crippen LogP) is 2.78. The molecule has 2 rings (SSSR count). The average molecular weight is 223 g/mol. The van der Waals surface area contributed by atoms with Crippen LogP contribution in [0.5, 0.6) is 0 Å². The lowest BCUT2D eigenvalue weighted by Crippen LogP contribution is -2.21. The van der Waals surface area contributed by atoms with Crippen LogP contribution in [0.15, 0.2) is 24.3 Å². The van der Waals surface area contributed by atoms with Crippen molar-refractivity contribution in [3.63, 3.8) is 0 Å². The first kappa shape index (κ1) is 11.6. The Morgan fingerprint density at radius 3 is 2.75 bits per heavy atom. The quantitative estimate of drug-likeness (QED) is 0.851. The first-order chi connectivity index (χ1) is 7.79. The molecule has 0 heterocycles. The fourth-order valence-electron chi connectivity index (χ4n) is 2.23. The van der Waals surface area contributed by atoms with Crippen molar-refractivity contribution in [1.29, 1.82) is 0 Å². The van der Waals surface area contributed by atoms with Crippen LogP contribution in [0, 0.1) is 5.82 Å². The third-order valence-electron chi connectivity index (χ3n) is 3.09. The highest BCUT2D eigenvalue weighted by atomic mass is 19.1. The molecule has 1 aliphatic carbocycles. The third kappa shape index (κ3) is 2.80. The first-order valence-corrected chi connectivity index (χ1v) is 5.90. The molecule has 2 N–H and O–H groups in total. The van der Waals surface area contributed by atoms with Crippen LogP contribution in [0.1, 0.15) is 37.4 Å². The highest BCUT2D eigenvalue weighted by Gasteiger charge is 2.20. The molecule has 0 aromatic heterocycles. The van der Waals surface area contributed by atoms with Gasteiger partial charge >= 0.3 is 0 Å². The third-order valence-corrected chi connectivity index (χ3v) is 3.09. The van der Waals surface area contributed by atoms with Gasteiger partial charge in [0.05, 0.1) is 12.2 Å². The van der Waals surface area contributed by atoms with E-state index in [1.165, 1.54) is 25.0 Å². The van der Waals surface area contributed by atoms with E-state index < -0.39 is 0 Å². The van der Waals surface area contributed by atoms with Crippen LogP contribution < -0.4 is 5.73 Å². The minimum atomic E-state index is -0.231. The first-order valence-electron chi connectivity index (χ1n) is 5.90. The second-order valence-corrected chi connectivity index (χ2v) is 4.32.